The number of nitrogens with one attached hydrogen (secondary N) is 1. The van der Waals surface area contributed by atoms with Crippen LogP contribution in [-0.2, 0) is 6.54 Å². The summed E-state index contributed by atoms with van der Waals surface area (Å²) in [6, 6.07) is 10.5. The van der Waals surface area contributed by atoms with Crippen molar-refractivity contribution in [2.24, 2.45) is 0 Å². The van der Waals surface area contributed by atoms with Crippen LogP contribution in [0.1, 0.15) is 25.0 Å². The maximum Gasteiger partial charge on any atom is 0.136 e. The van der Waals surface area contributed by atoms with Crippen LogP contribution in [0.4, 0.5) is 11.5 Å². The van der Waals surface area contributed by atoms with E-state index in [1.165, 1.54) is 18.5 Å². The zero-order chi connectivity index (χ0) is 17.1. The number of likely N-dealkylation sites (tertiary alicyclic amines) is 1. The number of nitrogens with zero attached hydrogens (tertiary/aromatic N) is 4. The van der Waals surface area contributed by atoms with Crippen LogP contribution in [-0.4, -0.2) is 38.4 Å². The van der Waals surface area contributed by atoms with E-state index in [1.54, 1.807) is 0 Å². The number of rotatable bonds is 4. The van der Waals surface area contributed by atoms with E-state index in [0.717, 1.165) is 37.4 Å². The highest BCUT2D eigenvalue weighted by atomic mass is 15.2. The van der Waals surface area contributed by atoms with Gasteiger partial charge in [0.15, 0.2) is 0 Å². The maximum atomic E-state index is 5.65. The van der Waals surface area contributed by atoms with Crippen LogP contribution in [0.25, 0.3) is 5.65 Å². The molecule has 0 aromatic carbocycles. The van der Waals surface area contributed by atoms with Crippen molar-refractivity contribution in [3.05, 3.63) is 54.6 Å². The lowest BCUT2D eigenvalue weighted by Gasteiger charge is -2.20. The molecule has 0 radical (unpaired) electrons. The third kappa shape index (κ3) is 3.74. The molecule has 3 aromatic rings. The lowest BCUT2D eigenvalue weighted by molar-refractivity contribution is 0.272. The Labute approximate surface area is 147 Å². The van der Waals surface area contributed by atoms with Gasteiger partial charge in [-0.1, -0.05) is 6.07 Å². The first-order valence-corrected chi connectivity index (χ1v) is 8.89. The quantitative estimate of drug-likeness (QED) is 0.766. The fourth-order valence-corrected chi connectivity index (χ4v) is 3.52. The summed E-state index contributed by atoms with van der Waals surface area (Å²) in [5.41, 5.74) is 8.98. The topological polar surface area (TPSA) is 71.5 Å². The van der Waals surface area contributed by atoms with E-state index in [0.29, 0.717) is 11.9 Å². The van der Waals surface area contributed by atoms with Crippen LogP contribution >= 0.6 is 0 Å². The Morgan fingerprint density at radius 2 is 2.04 bits per heavy atom. The summed E-state index contributed by atoms with van der Waals surface area (Å²) in [4.78, 5) is 11.2. The zero-order valence-electron chi connectivity index (χ0n) is 14.3. The molecular weight excluding hydrogens is 312 g/mol. The molecule has 130 valence electrons. The molecule has 1 atom stereocenters. The van der Waals surface area contributed by atoms with Gasteiger partial charge in [0.25, 0.3) is 0 Å². The molecule has 1 aliphatic rings. The summed E-state index contributed by atoms with van der Waals surface area (Å²) in [7, 11) is 0. The molecule has 0 unspecified atom stereocenters. The van der Waals surface area contributed by atoms with Crippen molar-refractivity contribution < 1.29 is 0 Å². The van der Waals surface area contributed by atoms with Gasteiger partial charge in [0.2, 0.25) is 0 Å². The Hall–Kier alpha value is -2.60. The van der Waals surface area contributed by atoms with Crippen LogP contribution < -0.4 is 11.1 Å². The minimum Gasteiger partial charge on any atom is -0.384 e. The first-order chi connectivity index (χ1) is 12.3. The minimum absolute atomic E-state index is 0.484. The molecule has 0 aliphatic carbocycles. The highest BCUT2D eigenvalue weighted by molar-refractivity contribution is 5.46. The van der Waals surface area contributed by atoms with E-state index in [1.807, 2.05) is 36.7 Å². The first kappa shape index (κ1) is 15.9. The summed E-state index contributed by atoms with van der Waals surface area (Å²) in [5, 5.41) is 3.59. The smallest absolute Gasteiger partial charge is 0.136 e. The molecule has 25 heavy (non-hydrogen) atoms. The van der Waals surface area contributed by atoms with Crippen LogP contribution in [0.2, 0.25) is 0 Å². The van der Waals surface area contributed by atoms with Crippen LogP contribution in [0, 0.1) is 0 Å². The predicted molar refractivity (Wildman–Crippen MR) is 100 cm³/mol. The minimum atomic E-state index is 0.484. The van der Waals surface area contributed by atoms with Gasteiger partial charge in [0, 0.05) is 25.3 Å². The van der Waals surface area contributed by atoms with Crippen LogP contribution in [0.5, 0.6) is 0 Å². The van der Waals surface area contributed by atoms with Gasteiger partial charge in [-0.2, -0.15) is 0 Å². The second kappa shape index (κ2) is 7.11. The van der Waals surface area contributed by atoms with Gasteiger partial charge in [0.05, 0.1) is 23.8 Å². The molecule has 3 N–H and O–H groups in total. The highest BCUT2D eigenvalue weighted by Crippen LogP contribution is 2.18. The van der Waals surface area contributed by atoms with E-state index in [4.69, 9.17) is 5.73 Å². The number of imidazole rings is 1. The summed E-state index contributed by atoms with van der Waals surface area (Å²) in [6.45, 7) is 3.15. The van der Waals surface area contributed by atoms with Gasteiger partial charge < -0.3 is 15.5 Å². The summed E-state index contributed by atoms with van der Waals surface area (Å²) >= 11 is 0. The highest BCUT2D eigenvalue weighted by Gasteiger charge is 2.18. The fraction of sp³-hybridized carbons (Fsp3) is 0.368. The van der Waals surface area contributed by atoms with Gasteiger partial charge >= 0.3 is 0 Å². The van der Waals surface area contributed by atoms with E-state index >= 15 is 0 Å². The maximum absolute atomic E-state index is 5.65. The number of nitrogens with two attached hydrogens (primary N) is 1. The summed E-state index contributed by atoms with van der Waals surface area (Å²) in [6.07, 6.45) is 9.40. The third-order valence-electron chi connectivity index (χ3n) is 4.86. The lowest BCUT2D eigenvalue weighted by atomic mass is 10.1. The van der Waals surface area contributed by atoms with Gasteiger partial charge in [-0.3, -0.25) is 4.90 Å². The van der Waals surface area contributed by atoms with Gasteiger partial charge in [-0.25, -0.2) is 9.97 Å². The zero-order valence-corrected chi connectivity index (χ0v) is 14.3. The van der Waals surface area contributed by atoms with Crippen molar-refractivity contribution in [3.8, 4) is 0 Å². The monoisotopic (exact) mass is 336 g/mol. The standard InChI is InChI=1S/C19H24N6/c20-18-7-6-16(12-21-18)23-15-4-3-9-24(11-8-15)14-17-13-22-19-5-1-2-10-25(17)19/h1-2,5-7,10,12-13,15,23H,3-4,8-9,11,14H2,(H2,20,21)/t15-/m1/s1. The lowest BCUT2D eigenvalue weighted by Crippen LogP contribution is -2.26. The molecule has 3 aromatic heterocycles. The third-order valence-corrected chi connectivity index (χ3v) is 4.86. The molecule has 0 bridgehead atoms. The molecule has 0 spiro atoms. The van der Waals surface area contributed by atoms with Gasteiger partial charge in [-0.05, 0) is 50.1 Å². The predicted octanol–water partition coefficient (Wildman–Crippen LogP) is 2.78. The molecule has 0 amide bonds. The summed E-state index contributed by atoms with van der Waals surface area (Å²) in [5.74, 6) is 0.561. The van der Waals surface area contributed by atoms with E-state index in [-0.39, 0.29) is 0 Å². The number of aromatic nitrogens is 3. The van der Waals surface area contributed by atoms with Crippen molar-refractivity contribution in [2.75, 3.05) is 24.1 Å². The summed E-state index contributed by atoms with van der Waals surface area (Å²) < 4.78 is 2.18. The number of pyridine rings is 2. The van der Waals surface area contributed by atoms with E-state index in [9.17, 15) is 0 Å². The SMILES string of the molecule is Nc1ccc(N[C@@H]2CCCN(Cc3cnc4ccccn34)CC2)cn1. The first-order valence-electron chi connectivity index (χ1n) is 8.89. The Morgan fingerprint density at radius 3 is 2.92 bits per heavy atom. The van der Waals surface area contributed by atoms with Crippen molar-refractivity contribution in [1.29, 1.82) is 0 Å². The molecule has 4 heterocycles. The molecule has 6 heteroatoms. The molecule has 4 rings (SSSR count). The molecular formula is C19H24N6. The number of hydrogen-bond acceptors (Lipinski definition) is 5. The average molecular weight is 336 g/mol. The van der Waals surface area contributed by atoms with E-state index in [2.05, 4.69) is 36.8 Å². The van der Waals surface area contributed by atoms with Crippen LogP contribution in [0.3, 0.4) is 0 Å². The van der Waals surface area contributed by atoms with E-state index < -0.39 is 0 Å². The Morgan fingerprint density at radius 1 is 1.08 bits per heavy atom. The number of fused-ring (bicyclic) bond motifs is 1. The Balaban J connectivity index is 1.37. The molecule has 1 aliphatic heterocycles. The normalized spacial score (nSPS) is 19.0. The second-order valence-electron chi connectivity index (χ2n) is 6.70. The number of anilines is 2. The number of nitrogen functional groups attached to an aromatic ring is 1. The molecule has 0 saturated carbocycles. The average Bonchev–Trinajstić information content (AvgIpc) is 2.90. The second-order valence-corrected chi connectivity index (χ2v) is 6.70. The largest absolute Gasteiger partial charge is 0.384 e. The van der Waals surface area contributed by atoms with Crippen molar-refractivity contribution in [1.82, 2.24) is 19.3 Å². The molecule has 6 nitrogen and oxygen atoms in total. The van der Waals surface area contributed by atoms with Gasteiger partial charge in [-0.15, -0.1) is 0 Å². The van der Waals surface area contributed by atoms with Crippen LogP contribution in [0.15, 0.2) is 48.9 Å². The van der Waals surface area contributed by atoms with Gasteiger partial charge in [0.1, 0.15) is 11.5 Å². The fourth-order valence-electron chi connectivity index (χ4n) is 3.52. The molecule has 1 saturated heterocycles. The number of hydrogen-bond donors (Lipinski definition) is 2. The van der Waals surface area contributed by atoms with Crippen molar-refractivity contribution in [2.45, 2.75) is 31.8 Å². The van der Waals surface area contributed by atoms with Crippen molar-refractivity contribution >= 4 is 17.2 Å². The molecule has 1 fully saturated rings. The van der Waals surface area contributed by atoms with Crippen molar-refractivity contribution in [3.63, 3.8) is 0 Å². The Kier molecular flexibility index (Phi) is 4.52. The Bertz CT molecular complexity index is 825.